The maximum Gasteiger partial charge on any atom is 0.260 e. The topological polar surface area (TPSA) is 107 Å². The Morgan fingerprint density at radius 2 is 1.70 bits per heavy atom. The highest BCUT2D eigenvalue weighted by atomic mass is 32.2. The molecule has 0 aromatic heterocycles. The van der Waals surface area contributed by atoms with Crippen molar-refractivity contribution >= 4 is 27.8 Å². The quantitative estimate of drug-likeness (QED) is 0.203. The summed E-state index contributed by atoms with van der Waals surface area (Å²) in [5.74, 6) is 1.67. The van der Waals surface area contributed by atoms with Crippen LogP contribution < -0.4 is 23.9 Å². The van der Waals surface area contributed by atoms with Crippen molar-refractivity contribution in [3.63, 3.8) is 0 Å². The van der Waals surface area contributed by atoms with Crippen LogP contribution in [0.2, 0.25) is 0 Å². The number of ether oxygens (including phenoxy) is 3. The largest absolute Gasteiger partial charge is 0.490 e. The molecule has 0 saturated heterocycles. The lowest BCUT2D eigenvalue weighted by Crippen LogP contribution is -2.39. The van der Waals surface area contributed by atoms with E-state index >= 15 is 0 Å². The number of hydrazone groups is 1. The predicted molar refractivity (Wildman–Crippen MR) is 144 cm³/mol. The first-order chi connectivity index (χ1) is 17.8. The zero-order valence-corrected chi connectivity index (χ0v) is 21.5. The van der Waals surface area contributed by atoms with Gasteiger partial charge in [-0.15, -0.1) is 0 Å². The summed E-state index contributed by atoms with van der Waals surface area (Å²) in [6, 6.07) is 20.8. The average molecular weight is 524 g/mol. The molecule has 10 heteroatoms. The minimum Gasteiger partial charge on any atom is -0.490 e. The second-order valence-corrected chi connectivity index (χ2v) is 9.62. The Morgan fingerprint density at radius 1 is 1.00 bits per heavy atom. The second kappa shape index (κ2) is 13.1. The van der Waals surface area contributed by atoms with E-state index < -0.39 is 22.5 Å². The molecule has 1 amide bonds. The maximum absolute atomic E-state index is 12.5. The normalized spacial score (nSPS) is 11.1. The fourth-order valence-corrected chi connectivity index (χ4v) is 4.05. The summed E-state index contributed by atoms with van der Waals surface area (Å²) < 4.78 is 42.7. The van der Waals surface area contributed by atoms with Crippen LogP contribution in [0.25, 0.3) is 0 Å². The smallest absolute Gasteiger partial charge is 0.260 e. The van der Waals surface area contributed by atoms with Gasteiger partial charge in [-0.1, -0.05) is 30.9 Å². The highest BCUT2D eigenvalue weighted by Gasteiger charge is 2.21. The molecule has 0 bridgehead atoms. The molecule has 0 aliphatic rings. The van der Waals surface area contributed by atoms with E-state index in [0.717, 1.165) is 10.6 Å². The molecule has 194 valence electrons. The molecule has 3 aromatic carbocycles. The Kier molecular flexibility index (Phi) is 9.68. The van der Waals surface area contributed by atoms with Gasteiger partial charge in [-0.2, -0.15) is 5.10 Å². The van der Waals surface area contributed by atoms with Crippen LogP contribution in [0.3, 0.4) is 0 Å². The summed E-state index contributed by atoms with van der Waals surface area (Å²) in [6.45, 7) is 5.82. The van der Waals surface area contributed by atoms with Crippen molar-refractivity contribution in [2.24, 2.45) is 5.10 Å². The first-order valence-electron chi connectivity index (χ1n) is 11.4. The zero-order valence-electron chi connectivity index (χ0n) is 20.7. The van der Waals surface area contributed by atoms with Gasteiger partial charge in [-0.25, -0.2) is 13.8 Å². The van der Waals surface area contributed by atoms with Crippen LogP contribution in [0.5, 0.6) is 23.0 Å². The monoisotopic (exact) mass is 523 g/mol. The van der Waals surface area contributed by atoms with E-state index in [4.69, 9.17) is 14.2 Å². The van der Waals surface area contributed by atoms with Gasteiger partial charge in [0.25, 0.3) is 5.91 Å². The lowest BCUT2D eigenvalue weighted by molar-refractivity contribution is -0.119. The number of carbonyl (C=O) groups excluding carboxylic acids is 1. The van der Waals surface area contributed by atoms with E-state index in [-0.39, 0.29) is 0 Å². The van der Waals surface area contributed by atoms with Crippen molar-refractivity contribution in [3.8, 4) is 23.0 Å². The van der Waals surface area contributed by atoms with Crippen molar-refractivity contribution in [3.05, 3.63) is 91.0 Å². The minimum atomic E-state index is -3.74. The molecular weight excluding hydrogens is 494 g/mol. The van der Waals surface area contributed by atoms with Crippen molar-refractivity contribution < 1.29 is 27.4 Å². The molecule has 0 unspecified atom stereocenters. The van der Waals surface area contributed by atoms with Crippen LogP contribution in [0.15, 0.2) is 90.6 Å². The maximum atomic E-state index is 12.5. The first-order valence-corrected chi connectivity index (χ1v) is 13.3. The number of amides is 1. The van der Waals surface area contributed by atoms with E-state index in [0.29, 0.717) is 47.5 Å². The van der Waals surface area contributed by atoms with E-state index in [1.54, 1.807) is 48.5 Å². The van der Waals surface area contributed by atoms with Crippen molar-refractivity contribution in [2.45, 2.75) is 6.92 Å². The summed E-state index contributed by atoms with van der Waals surface area (Å²) in [6.07, 6.45) is 4.09. The van der Waals surface area contributed by atoms with Crippen LogP contribution in [0.1, 0.15) is 12.5 Å². The van der Waals surface area contributed by atoms with Gasteiger partial charge >= 0.3 is 0 Å². The Morgan fingerprint density at radius 3 is 2.35 bits per heavy atom. The molecule has 37 heavy (non-hydrogen) atoms. The number of carbonyl (C=O) groups is 1. The molecule has 0 heterocycles. The fraction of sp³-hybridized carbons (Fsp3) is 0.185. The fourth-order valence-electron chi connectivity index (χ4n) is 3.19. The number of sulfonamides is 1. The molecule has 9 nitrogen and oxygen atoms in total. The summed E-state index contributed by atoms with van der Waals surface area (Å²) in [5, 5.41) is 3.95. The van der Waals surface area contributed by atoms with Crippen LogP contribution >= 0.6 is 0 Å². The summed E-state index contributed by atoms with van der Waals surface area (Å²) >= 11 is 0. The number of benzene rings is 3. The highest BCUT2D eigenvalue weighted by Crippen LogP contribution is 2.28. The van der Waals surface area contributed by atoms with Crippen molar-refractivity contribution in [1.29, 1.82) is 0 Å². The van der Waals surface area contributed by atoms with Gasteiger partial charge in [0.1, 0.15) is 24.7 Å². The summed E-state index contributed by atoms with van der Waals surface area (Å²) in [4.78, 5) is 12.5. The third kappa shape index (κ3) is 8.39. The third-order valence-electron chi connectivity index (χ3n) is 4.82. The van der Waals surface area contributed by atoms with Crippen LogP contribution in [0.4, 0.5) is 5.69 Å². The molecule has 0 spiro atoms. The number of para-hydroxylation sites is 1. The molecule has 0 atom stereocenters. The van der Waals surface area contributed by atoms with E-state index in [2.05, 4.69) is 17.1 Å². The first kappa shape index (κ1) is 27.3. The van der Waals surface area contributed by atoms with Crippen LogP contribution in [-0.2, 0) is 14.8 Å². The standard InChI is InChI=1S/C27H29N3O6S/c1-4-17-35-25-16-11-21(18-26(25)34-5-2)19-28-29-27(31)20-30(37(3,32)33)22-12-14-24(15-13-22)36-23-9-7-6-8-10-23/h4,6-16,18-19H,1,5,17,20H2,2-3H3,(H,29,31)/b28-19-. The molecule has 1 N–H and O–H groups in total. The highest BCUT2D eigenvalue weighted by molar-refractivity contribution is 7.92. The van der Waals surface area contributed by atoms with E-state index in [1.807, 2.05) is 37.3 Å². The number of anilines is 1. The van der Waals surface area contributed by atoms with Crippen LogP contribution in [0, 0.1) is 0 Å². The van der Waals surface area contributed by atoms with Crippen LogP contribution in [-0.4, -0.2) is 46.6 Å². The number of nitrogens with one attached hydrogen (secondary N) is 1. The molecule has 0 aliphatic carbocycles. The Bertz CT molecular complexity index is 1330. The van der Waals surface area contributed by atoms with Gasteiger partial charge in [0.2, 0.25) is 10.0 Å². The molecular formula is C27H29N3O6S. The summed E-state index contributed by atoms with van der Waals surface area (Å²) in [5.41, 5.74) is 3.34. The average Bonchev–Trinajstić information content (AvgIpc) is 2.87. The molecule has 0 radical (unpaired) electrons. The van der Waals surface area contributed by atoms with Crippen molar-refractivity contribution in [2.75, 3.05) is 30.3 Å². The number of nitrogens with zero attached hydrogens (tertiary/aromatic N) is 2. The Balaban J connectivity index is 1.65. The lowest BCUT2D eigenvalue weighted by Gasteiger charge is -2.21. The Hall–Kier alpha value is -4.31. The number of rotatable bonds is 13. The molecule has 0 saturated carbocycles. The molecule has 0 fully saturated rings. The van der Waals surface area contributed by atoms with Gasteiger partial charge in [0.15, 0.2) is 11.5 Å². The van der Waals surface area contributed by atoms with Gasteiger partial charge in [0.05, 0.1) is 24.8 Å². The van der Waals surface area contributed by atoms with Gasteiger partial charge in [-0.3, -0.25) is 9.10 Å². The molecule has 3 rings (SSSR count). The minimum absolute atomic E-state index is 0.318. The van der Waals surface area contributed by atoms with E-state index in [1.165, 1.54) is 6.21 Å². The van der Waals surface area contributed by atoms with E-state index in [9.17, 15) is 13.2 Å². The van der Waals surface area contributed by atoms with Gasteiger partial charge in [0, 0.05) is 0 Å². The second-order valence-electron chi connectivity index (χ2n) is 7.71. The summed E-state index contributed by atoms with van der Waals surface area (Å²) in [7, 11) is -3.74. The van der Waals surface area contributed by atoms with Gasteiger partial charge < -0.3 is 14.2 Å². The molecule has 0 aliphatic heterocycles. The van der Waals surface area contributed by atoms with Gasteiger partial charge in [-0.05, 0) is 67.1 Å². The SMILES string of the molecule is C=CCOc1ccc(/C=N\NC(=O)CN(c2ccc(Oc3ccccc3)cc2)S(C)(=O)=O)cc1OCC. The Labute approximate surface area is 217 Å². The third-order valence-corrected chi connectivity index (χ3v) is 5.96. The number of hydrogen-bond acceptors (Lipinski definition) is 7. The van der Waals surface area contributed by atoms with Crippen molar-refractivity contribution in [1.82, 2.24) is 5.43 Å². The lowest BCUT2D eigenvalue weighted by atomic mass is 10.2. The predicted octanol–water partition coefficient (Wildman–Crippen LogP) is 4.36. The molecule has 3 aromatic rings. The zero-order chi connectivity index (χ0) is 26.7. The number of hydrogen-bond donors (Lipinski definition) is 1.